The number of nitrogens with zero attached hydrogens (tertiary/aromatic N) is 2. The van der Waals surface area contributed by atoms with E-state index in [1.54, 1.807) is 18.3 Å². The molecule has 1 saturated heterocycles. The van der Waals surface area contributed by atoms with E-state index in [1.807, 2.05) is 4.90 Å². The molecule has 2 N–H and O–H groups in total. The third kappa shape index (κ3) is 2.61. The molecule has 1 unspecified atom stereocenters. The number of aromatic nitrogens is 1. The van der Waals surface area contributed by atoms with Crippen molar-refractivity contribution in [3.05, 3.63) is 23.9 Å². The van der Waals surface area contributed by atoms with Crippen LogP contribution in [-0.4, -0.2) is 42.5 Å². The summed E-state index contributed by atoms with van der Waals surface area (Å²) < 4.78 is 5.12. The zero-order valence-electron chi connectivity index (χ0n) is 10.6. The van der Waals surface area contributed by atoms with Gasteiger partial charge in [0.1, 0.15) is 5.56 Å². The molecule has 1 fully saturated rings. The lowest BCUT2D eigenvalue weighted by molar-refractivity contribution is 0.0782. The van der Waals surface area contributed by atoms with Gasteiger partial charge in [0.2, 0.25) is 5.88 Å². The van der Waals surface area contributed by atoms with Gasteiger partial charge in [-0.25, -0.2) is 4.98 Å². The van der Waals surface area contributed by atoms with E-state index < -0.39 is 0 Å². The summed E-state index contributed by atoms with van der Waals surface area (Å²) in [6.45, 7) is 2.26. The summed E-state index contributed by atoms with van der Waals surface area (Å²) in [6, 6.07) is 3.51. The second-order valence-electron chi connectivity index (χ2n) is 4.54. The van der Waals surface area contributed by atoms with Gasteiger partial charge in [-0.1, -0.05) is 0 Å². The highest BCUT2D eigenvalue weighted by atomic mass is 16.5. The third-order valence-corrected chi connectivity index (χ3v) is 3.34. The summed E-state index contributed by atoms with van der Waals surface area (Å²) in [7, 11) is 1.53. The smallest absolute Gasteiger partial charge is 0.259 e. The van der Waals surface area contributed by atoms with Crippen LogP contribution in [0.5, 0.6) is 5.88 Å². The monoisotopic (exact) mass is 249 g/mol. The van der Waals surface area contributed by atoms with Crippen LogP contribution in [0.4, 0.5) is 0 Å². The molecule has 1 aromatic heterocycles. The number of carbonyl (C=O) groups excluding carboxylic acids is 1. The molecule has 0 aliphatic carbocycles. The summed E-state index contributed by atoms with van der Waals surface area (Å²) >= 11 is 0. The van der Waals surface area contributed by atoms with Gasteiger partial charge in [-0.2, -0.15) is 0 Å². The van der Waals surface area contributed by atoms with Crippen molar-refractivity contribution in [2.75, 3.05) is 26.7 Å². The molecule has 1 aromatic rings. The minimum absolute atomic E-state index is 0.000489. The van der Waals surface area contributed by atoms with E-state index in [0.29, 0.717) is 23.9 Å². The van der Waals surface area contributed by atoms with Crippen LogP contribution < -0.4 is 10.5 Å². The first kappa shape index (κ1) is 12.8. The molecule has 0 spiro atoms. The van der Waals surface area contributed by atoms with E-state index in [4.69, 9.17) is 10.5 Å². The maximum Gasteiger partial charge on any atom is 0.259 e. The van der Waals surface area contributed by atoms with Crippen molar-refractivity contribution in [1.29, 1.82) is 0 Å². The summed E-state index contributed by atoms with van der Waals surface area (Å²) in [5.41, 5.74) is 6.09. The van der Waals surface area contributed by atoms with Gasteiger partial charge in [0.25, 0.3) is 5.91 Å². The molecule has 1 aliphatic rings. The van der Waals surface area contributed by atoms with Crippen molar-refractivity contribution < 1.29 is 9.53 Å². The average molecular weight is 249 g/mol. The fourth-order valence-corrected chi connectivity index (χ4v) is 2.38. The number of rotatable bonds is 4. The first-order valence-corrected chi connectivity index (χ1v) is 6.24. The van der Waals surface area contributed by atoms with E-state index in [1.165, 1.54) is 7.11 Å². The van der Waals surface area contributed by atoms with Gasteiger partial charge in [-0.3, -0.25) is 4.79 Å². The number of amides is 1. The standard InChI is InChI=1S/C13H19N3O2/c1-18-12-11(3-2-7-15-12)13(17)16-8-5-10(9-16)4-6-14/h2-3,7,10H,4-6,8-9,14H2,1H3. The molecule has 0 aromatic carbocycles. The maximum absolute atomic E-state index is 12.4. The van der Waals surface area contributed by atoms with Crippen LogP contribution in [-0.2, 0) is 0 Å². The number of hydrogen-bond acceptors (Lipinski definition) is 4. The van der Waals surface area contributed by atoms with Crippen LogP contribution in [0.2, 0.25) is 0 Å². The van der Waals surface area contributed by atoms with Crippen molar-refractivity contribution in [3.8, 4) is 5.88 Å². The Kier molecular flexibility index (Phi) is 4.15. The van der Waals surface area contributed by atoms with Crippen LogP contribution in [0.15, 0.2) is 18.3 Å². The molecule has 18 heavy (non-hydrogen) atoms. The molecule has 5 nitrogen and oxygen atoms in total. The molecule has 0 radical (unpaired) electrons. The molecule has 0 saturated carbocycles. The summed E-state index contributed by atoms with van der Waals surface area (Å²) in [4.78, 5) is 18.3. The zero-order chi connectivity index (χ0) is 13.0. The number of carbonyl (C=O) groups is 1. The van der Waals surface area contributed by atoms with Gasteiger partial charge in [0.05, 0.1) is 7.11 Å². The molecule has 5 heteroatoms. The quantitative estimate of drug-likeness (QED) is 0.861. The van der Waals surface area contributed by atoms with E-state index >= 15 is 0 Å². The van der Waals surface area contributed by atoms with Crippen molar-refractivity contribution in [3.63, 3.8) is 0 Å². The lowest BCUT2D eigenvalue weighted by atomic mass is 10.1. The van der Waals surface area contributed by atoms with Crippen molar-refractivity contribution in [2.24, 2.45) is 11.7 Å². The number of hydrogen-bond donors (Lipinski definition) is 1. The van der Waals surface area contributed by atoms with Crippen LogP contribution in [0.1, 0.15) is 23.2 Å². The minimum atomic E-state index is -0.000489. The van der Waals surface area contributed by atoms with Gasteiger partial charge in [-0.05, 0) is 37.4 Å². The zero-order valence-corrected chi connectivity index (χ0v) is 10.6. The molecule has 1 atom stereocenters. The summed E-state index contributed by atoms with van der Waals surface area (Å²) in [5.74, 6) is 0.922. The highest BCUT2D eigenvalue weighted by Crippen LogP contribution is 2.23. The van der Waals surface area contributed by atoms with Crippen LogP contribution in [0.25, 0.3) is 0 Å². The Hall–Kier alpha value is -1.62. The molecular weight excluding hydrogens is 230 g/mol. The number of likely N-dealkylation sites (tertiary alicyclic amines) is 1. The number of pyridine rings is 1. The highest BCUT2D eigenvalue weighted by molar-refractivity contribution is 5.96. The van der Waals surface area contributed by atoms with Gasteiger partial charge < -0.3 is 15.4 Å². The third-order valence-electron chi connectivity index (χ3n) is 3.34. The molecule has 1 aliphatic heterocycles. The largest absolute Gasteiger partial charge is 0.480 e. The molecule has 98 valence electrons. The van der Waals surface area contributed by atoms with Gasteiger partial charge in [0, 0.05) is 19.3 Å². The fourth-order valence-electron chi connectivity index (χ4n) is 2.38. The Morgan fingerprint density at radius 2 is 2.50 bits per heavy atom. The second-order valence-corrected chi connectivity index (χ2v) is 4.54. The predicted molar refractivity (Wildman–Crippen MR) is 68.5 cm³/mol. The van der Waals surface area contributed by atoms with Crippen molar-refractivity contribution in [1.82, 2.24) is 9.88 Å². The molecular formula is C13H19N3O2. The normalized spacial score (nSPS) is 19.0. The van der Waals surface area contributed by atoms with Crippen LogP contribution in [0, 0.1) is 5.92 Å². The Labute approximate surface area is 107 Å². The minimum Gasteiger partial charge on any atom is -0.480 e. The topological polar surface area (TPSA) is 68.5 Å². The molecule has 0 bridgehead atoms. The molecule has 2 rings (SSSR count). The first-order chi connectivity index (χ1) is 8.76. The van der Waals surface area contributed by atoms with Crippen LogP contribution >= 0.6 is 0 Å². The average Bonchev–Trinajstić information content (AvgIpc) is 2.87. The number of nitrogens with two attached hydrogens (primary N) is 1. The predicted octanol–water partition coefficient (Wildman–Crippen LogP) is 0.901. The Balaban J connectivity index is 2.08. The van der Waals surface area contributed by atoms with Crippen LogP contribution in [0.3, 0.4) is 0 Å². The Morgan fingerprint density at radius 3 is 3.22 bits per heavy atom. The van der Waals surface area contributed by atoms with E-state index in [-0.39, 0.29) is 5.91 Å². The fraction of sp³-hybridized carbons (Fsp3) is 0.538. The molecule has 2 heterocycles. The molecule has 1 amide bonds. The Bertz CT molecular complexity index is 422. The maximum atomic E-state index is 12.4. The number of ether oxygens (including phenoxy) is 1. The van der Waals surface area contributed by atoms with E-state index in [0.717, 1.165) is 25.9 Å². The van der Waals surface area contributed by atoms with Gasteiger partial charge in [0.15, 0.2) is 0 Å². The SMILES string of the molecule is COc1ncccc1C(=O)N1CCC(CCN)C1. The lowest BCUT2D eigenvalue weighted by Gasteiger charge is -2.17. The van der Waals surface area contributed by atoms with Crippen molar-refractivity contribution >= 4 is 5.91 Å². The van der Waals surface area contributed by atoms with E-state index in [2.05, 4.69) is 4.98 Å². The van der Waals surface area contributed by atoms with Gasteiger partial charge in [-0.15, -0.1) is 0 Å². The summed E-state index contributed by atoms with van der Waals surface area (Å²) in [5, 5.41) is 0. The number of methoxy groups -OCH3 is 1. The summed E-state index contributed by atoms with van der Waals surface area (Å²) in [6.07, 6.45) is 3.64. The highest BCUT2D eigenvalue weighted by Gasteiger charge is 2.28. The lowest BCUT2D eigenvalue weighted by Crippen LogP contribution is -2.29. The van der Waals surface area contributed by atoms with E-state index in [9.17, 15) is 4.79 Å². The van der Waals surface area contributed by atoms with Crippen molar-refractivity contribution in [2.45, 2.75) is 12.8 Å². The van der Waals surface area contributed by atoms with Gasteiger partial charge >= 0.3 is 0 Å². The second kappa shape index (κ2) is 5.82. The Morgan fingerprint density at radius 1 is 1.67 bits per heavy atom. The first-order valence-electron chi connectivity index (χ1n) is 6.24.